The van der Waals surface area contributed by atoms with Crippen LogP contribution in [0.25, 0.3) is 0 Å². The second-order valence-electron chi connectivity index (χ2n) is 7.46. The Bertz CT molecular complexity index is 608. The van der Waals surface area contributed by atoms with Crippen LogP contribution in [0.1, 0.15) is 25.7 Å². The maximum atomic E-state index is 14.6. The molecule has 1 atom stereocenters. The van der Waals surface area contributed by atoms with Crippen molar-refractivity contribution in [3.05, 3.63) is 24.4 Å². The molecule has 2 aliphatic heterocycles. The Morgan fingerprint density at radius 2 is 2.08 bits per heavy atom. The van der Waals surface area contributed by atoms with Gasteiger partial charge in [-0.1, -0.05) is 6.07 Å². The van der Waals surface area contributed by atoms with Crippen LogP contribution in [0.5, 0.6) is 0 Å². The topological polar surface area (TPSA) is 45.7 Å². The molecule has 0 N–H and O–H groups in total. The number of anilines is 1. The number of amides is 1. The molecule has 1 aromatic rings. The first kappa shape index (κ1) is 15.8. The van der Waals surface area contributed by atoms with E-state index in [1.54, 1.807) is 11.1 Å². The normalized spacial score (nSPS) is 29.4. The molecule has 24 heavy (non-hydrogen) atoms. The van der Waals surface area contributed by atoms with Crippen LogP contribution in [0.4, 0.5) is 10.2 Å². The average molecular weight is 333 g/mol. The van der Waals surface area contributed by atoms with Crippen LogP contribution in [0.3, 0.4) is 0 Å². The summed E-state index contributed by atoms with van der Waals surface area (Å²) in [6.07, 6.45) is 4.29. The molecule has 3 aliphatic rings. The van der Waals surface area contributed by atoms with Gasteiger partial charge in [0.2, 0.25) is 0 Å². The Labute approximate surface area is 141 Å². The van der Waals surface area contributed by atoms with Crippen molar-refractivity contribution in [2.45, 2.75) is 31.4 Å². The lowest BCUT2D eigenvalue weighted by atomic mass is 9.80. The zero-order chi connectivity index (χ0) is 16.6. The van der Waals surface area contributed by atoms with E-state index in [1.165, 1.54) is 0 Å². The summed E-state index contributed by atoms with van der Waals surface area (Å²) in [5, 5.41) is 0. The second-order valence-corrected chi connectivity index (χ2v) is 7.46. The van der Waals surface area contributed by atoms with E-state index in [9.17, 15) is 9.18 Å². The number of rotatable bonds is 2. The molecule has 3 fully saturated rings. The van der Waals surface area contributed by atoms with Gasteiger partial charge in [-0.05, 0) is 37.8 Å². The monoisotopic (exact) mass is 333 g/mol. The summed E-state index contributed by atoms with van der Waals surface area (Å²) < 4.78 is 20.4. The highest BCUT2D eigenvalue weighted by molar-refractivity contribution is 5.86. The number of halogens is 1. The van der Waals surface area contributed by atoms with Crippen LogP contribution < -0.4 is 4.90 Å². The van der Waals surface area contributed by atoms with Gasteiger partial charge in [0.1, 0.15) is 5.82 Å². The predicted molar refractivity (Wildman–Crippen MR) is 88.6 cm³/mol. The van der Waals surface area contributed by atoms with E-state index in [0.717, 1.165) is 31.7 Å². The van der Waals surface area contributed by atoms with Crippen molar-refractivity contribution in [3.63, 3.8) is 0 Å². The van der Waals surface area contributed by atoms with Crippen molar-refractivity contribution >= 4 is 11.7 Å². The first-order chi connectivity index (χ1) is 11.6. The summed E-state index contributed by atoms with van der Waals surface area (Å²) in [6.45, 7) is 3.89. The summed E-state index contributed by atoms with van der Waals surface area (Å²) >= 11 is 0. The number of aromatic nitrogens is 1. The maximum absolute atomic E-state index is 14.6. The van der Waals surface area contributed by atoms with Gasteiger partial charge in [0, 0.05) is 37.8 Å². The van der Waals surface area contributed by atoms with Crippen molar-refractivity contribution in [2.24, 2.45) is 5.41 Å². The van der Waals surface area contributed by atoms with Crippen molar-refractivity contribution in [1.82, 2.24) is 9.88 Å². The number of nitrogens with zero attached hydrogens (tertiary/aromatic N) is 3. The van der Waals surface area contributed by atoms with Crippen LogP contribution >= 0.6 is 0 Å². The highest BCUT2D eigenvalue weighted by Crippen LogP contribution is 2.40. The van der Waals surface area contributed by atoms with E-state index in [2.05, 4.69) is 9.88 Å². The van der Waals surface area contributed by atoms with Crippen LogP contribution in [0, 0.1) is 5.41 Å². The third-order valence-electron chi connectivity index (χ3n) is 5.67. The number of hydrogen-bond acceptors (Lipinski definition) is 4. The summed E-state index contributed by atoms with van der Waals surface area (Å²) in [5.41, 5.74) is -1.74. The van der Waals surface area contributed by atoms with Gasteiger partial charge in [0.25, 0.3) is 5.91 Å². The van der Waals surface area contributed by atoms with Gasteiger partial charge in [0.05, 0.1) is 13.2 Å². The number of carbonyl (C=O) groups is 1. The number of alkyl halides is 1. The minimum absolute atomic E-state index is 0.121. The molecule has 0 bridgehead atoms. The maximum Gasteiger partial charge on any atom is 0.260 e. The molecule has 1 aromatic heterocycles. The number of hydrogen-bond donors (Lipinski definition) is 0. The second kappa shape index (κ2) is 5.99. The van der Waals surface area contributed by atoms with Gasteiger partial charge in [-0.15, -0.1) is 0 Å². The van der Waals surface area contributed by atoms with E-state index in [-0.39, 0.29) is 11.3 Å². The van der Waals surface area contributed by atoms with Crippen molar-refractivity contribution < 1.29 is 13.9 Å². The first-order valence-corrected chi connectivity index (χ1v) is 8.82. The molecule has 1 aliphatic carbocycles. The van der Waals surface area contributed by atoms with E-state index in [0.29, 0.717) is 39.1 Å². The molecule has 1 amide bonds. The van der Waals surface area contributed by atoms with E-state index < -0.39 is 5.67 Å². The molecule has 0 radical (unpaired) electrons. The van der Waals surface area contributed by atoms with Gasteiger partial charge in [-0.2, -0.15) is 0 Å². The third-order valence-corrected chi connectivity index (χ3v) is 5.67. The van der Waals surface area contributed by atoms with Gasteiger partial charge in [-0.3, -0.25) is 4.79 Å². The Kier molecular flexibility index (Phi) is 3.95. The SMILES string of the molecule is O=C(N1CCOCC2(CCN(c3ccccn3)C2)C1)C1(F)CCC1. The zero-order valence-corrected chi connectivity index (χ0v) is 13.9. The summed E-state index contributed by atoms with van der Waals surface area (Å²) in [5.74, 6) is 0.632. The Morgan fingerprint density at radius 1 is 1.21 bits per heavy atom. The molecule has 3 heterocycles. The predicted octanol–water partition coefficient (Wildman–Crippen LogP) is 2.03. The smallest absolute Gasteiger partial charge is 0.260 e. The molecular formula is C18H24FN3O2. The van der Waals surface area contributed by atoms with Crippen molar-refractivity contribution in [3.8, 4) is 0 Å². The highest BCUT2D eigenvalue weighted by atomic mass is 19.1. The van der Waals surface area contributed by atoms with Crippen LogP contribution in [0.15, 0.2) is 24.4 Å². The highest BCUT2D eigenvalue weighted by Gasteiger charge is 2.50. The fourth-order valence-electron chi connectivity index (χ4n) is 4.07. The molecular weight excluding hydrogens is 309 g/mol. The molecule has 5 nitrogen and oxygen atoms in total. The van der Waals surface area contributed by atoms with Crippen LogP contribution in [-0.4, -0.2) is 60.9 Å². The minimum Gasteiger partial charge on any atom is -0.379 e. The van der Waals surface area contributed by atoms with E-state index in [4.69, 9.17) is 4.74 Å². The number of ether oxygens (including phenoxy) is 1. The van der Waals surface area contributed by atoms with E-state index in [1.807, 2.05) is 18.2 Å². The molecule has 2 saturated heterocycles. The molecule has 6 heteroatoms. The minimum atomic E-state index is -1.62. The largest absolute Gasteiger partial charge is 0.379 e. The van der Waals surface area contributed by atoms with Gasteiger partial charge >= 0.3 is 0 Å². The Morgan fingerprint density at radius 3 is 2.79 bits per heavy atom. The third kappa shape index (κ3) is 2.77. The molecule has 1 saturated carbocycles. The zero-order valence-electron chi connectivity index (χ0n) is 13.9. The average Bonchev–Trinajstić information content (AvgIpc) is 2.87. The standard InChI is InChI=1S/C18H24FN3O2/c19-18(5-3-6-18)16(23)22-10-11-24-14-17(13-22)7-9-21(12-17)15-4-1-2-8-20-15/h1-2,4,8H,3,5-7,9-14H2. The van der Waals surface area contributed by atoms with Crippen molar-refractivity contribution in [1.29, 1.82) is 0 Å². The molecule has 0 aromatic carbocycles. The summed E-state index contributed by atoms with van der Waals surface area (Å²) in [6, 6.07) is 5.89. The lowest BCUT2D eigenvalue weighted by Gasteiger charge is -2.39. The number of carbonyl (C=O) groups excluding carboxylic acids is 1. The summed E-state index contributed by atoms with van der Waals surface area (Å²) in [4.78, 5) is 21.0. The lowest BCUT2D eigenvalue weighted by molar-refractivity contribution is -0.151. The van der Waals surface area contributed by atoms with Crippen LogP contribution in [-0.2, 0) is 9.53 Å². The Hall–Kier alpha value is -1.69. The first-order valence-electron chi connectivity index (χ1n) is 8.82. The van der Waals surface area contributed by atoms with Gasteiger partial charge in [-0.25, -0.2) is 9.37 Å². The van der Waals surface area contributed by atoms with E-state index >= 15 is 0 Å². The fraction of sp³-hybridized carbons (Fsp3) is 0.667. The molecule has 130 valence electrons. The lowest BCUT2D eigenvalue weighted by Crippen LogP contribution is -2.53. The molecule has 1 unspecified atom stereocenters. The Balaban J connectivity index is 1.49. The summed E-state index contributed by atoms with van der Waals surface area (Å²) in [7, 11) is 0. The number of pyridine rings is 1. The van der Waals surface area contributed by atoms with Gasteiger partial charge in [0.15, 0.2) is 5.67 Å². The molecule has 4 rings (SSSR count). The van der Waals surface area contributed by atoms with Gasteiger partial charge < -0.3 is 14.5 Å². The quantitative estimate of drug-likeness (QED) is 0.831. The van der Waals surface area contributed by atoms with Crippen molar-refractivity contribution in [2.75, 3.05) is 44.3 Å². The van der Waals surface area contributed by atoms with Crippen LogP contribution in [0.2, 0.25) is 0 Å². The fourth-order valence-corrected chi connectivity index (χ4v) is 4.07. The molecule has 1 spiro atoms.